The summed E-state index contributed by atoms with van der Waals surface area (Å²) < 4.78 is 37.2. The molecule has 0 radical (unpaired) electrons. The molecule has 1 N–H and O–H groups in total. The number of alkyl halides is 2. The van der Waals surface area contributed by atoms with Crippen molar-refractivity contribution in [2.45, 2.75) is 58.5 Å². The van der Waals surface area contributed by atoms with Crippen LogP contribution in [0.2, 0.25) is 0 Å². The topological polar surface area (TPSA) is 55.8 Å². The second-order valence-electron chi connectivity index (χ2n) is 6.51. The summed E-state index contributed by atoms with van der Waals surface area (Å²) >= 11 is 0. The van der Waals surface area contributed by atoms with Crippen molar-refractivity contribution in [1.82, 2.24) is 0 Å². The van der Waals surface area contributed by atoms with Crippen molar-refractivity contribution < 1.29 is 28.2 Å². The molecule has 0 bridgehead atoms. The lowest BCUT2D eigenvalue weighted by atomic mass is 9.92. The molecule has 0 saturated carbocycles. The summed E-state index contributed by atoms with van der Waals surface area (Å²) in [5.41, 5.74) is -0.672. The summed E-state index contributed by atoms with van der Waals surface area (Å²) in [5, 5.41) is 10.1. The van der Waals surface area contributed by atoms with E-state index >= 15 is 0 Å². The Morgan fingerprint density at radius 2 is 2.16 bits per heavy atom. The van der Waals surface area contributed by atoms with Crippen LogP contribution in [0.25, 0.3) is 0 Å². The van der Waals surface area contributed by atoms with Gasteiger partial charge in [-0.2, -0.15) is 0 Å². The average Bonchev–Trinajstić information content (AvgIpc) is 2.56. The van der Waals surface area contributed by atoms with Gasteiger partial charge in [0.05, 0.1) is 18.3 Å². The van der Waals surface area contributed by atoms with E-state index in [1.165, 1.54) is 12.1 Å². The lowest BCUT2D eigenvalue weighted by Crippen LogP contribution is -2.23. The van der Waals surface area contributed by atoms with Crippen LogP contribution in [0.3, 0.4) is 0 Å². The minimum atomic E-state index is -2.91. The highest BCUT2D eigenvalue weighted by atomic mass is 19.3. The number of Topliss-reactive ketones (excluding diaryl/α,β-unsaturated/α-hetero) is 1. The minimum absolute atomic E-state index is 0.0627. The molecule has 0 spiro atoms. The van der Waals surface area contributed by atoms with Gasteiger partial charge in [0, 0.05) is 13.0 Å². The van der Waals surface area contributed by atoms with Gasteiger partial charge in [0.25, 0.3) is 6.43 Å². The molecule has 1 saturated heterocycles. The van der Waals surface area contributed by atoms with Crippen molar-refractivity contribution in [3.05, 3.63) is 23.3 Å². The molecule has 2 atom stereocenters. The van der Waals surface area contributed by atoms with Crippen molar-refractivity contribution in [3.8, 4) is 11.5 Å². The first-order valence-corrected chi connectivity index (χ1v) is 8.85. The standard InChI is InChI=1S/C19H26F2O4/c1-3-24-16-10-9-14(18(23)17(16)19(20)21)15(22)6-4-5-13-8-7-12(2)25-11-13/h9-10,12-13,19,23H,3-8,11H2,1-2H3. The SMILES string of the molecule is CCOc1ccc(C(=O)CCCC2CCC(C)OC2)c(O)c1C(F)F. The highest BCUT2D eigenvalue weighted by Gasteiger charge is 2.25. The number of carbonyl (C=O) groups excluding carboxylic acids is 1. The molecule has 6 heteroatoms. The van der Waals surface area contributed by atoms with Gasteiger partial charge in [-0.15, -0.1) is 0 Å². The zero-order valence-electron chi connectivity index (χ0n) is 14.8. The number of ether oxygens (including phenoxy) is 2. The lowest BCUT2D eigenvalue weighted by Gasteiger charge is -2.26. The highest BCUT2D eigenvalue weighted by molar-refractivity contribution is 5.99. The van der Waals surface area contributed by atoms with Gasteiger partial charge in [-0.25, -0.2) is 8.78 Å². The van der Waals surface area contributed by atoms with Crippen LogP contribution < -0.4 is 4.74 Å². The Bertz CT molecular complexity index is 581. The third-order valence-corrected chi connectivity index (χ3v) is 4.61. The molecule has 1 heterocycles. The van der Waals surface area contributed by atoms with Gasteiger partial charge >= 0.3 is 0 Å². The van der Waals surface area contributed by atoms with E-state index in [1.54, 1.807) is 6.92 Å². The molecule has 1 aromatic rings. The third-order valence-electron chi connectivity index (χ3n) is 4.61. The van der Waals surface area contributed by atoms with Gasteiger partial charge in [0.2, 0.25) is 0 Å². The first-order chi connectivity index (χ1) is 11.9. The Morgan fingerprint density at radius 3 is 2.76 bits per heavy atom. The van der Waals surface area contributed by atoms with Crippen molar-refractivity contribution in [2.75, 3.05) is 13.2 Å². The molecule has 1 aromatic carbocycles. The van der Waals surface area contributed by atoms with Gasteiger partial charge in [-0.05, 0) is 57.6 Å². The van der Waals surface area contributed by atoms with Crippen LogP contribution in [0.15, 0.2) is 12.1 Å². The molecule has 0 amide bonds. The molecule has 1 aliphatic rings. The molecule has 2 unspecified atom stereocenters. The second-order valence-corrected chi connectivity index (χ2v) is 6.51. The second kappa shape index (κ2) is 9.13. The fraction of sp³-hybridized carbons (Fsp3) is 0.632. The van der Waals surface area contributed by atoms with E-state index in [0.717, 1.165) is 19.3 Å². The van der Waals surface area contributed by atoms with Crippen molar-refractivity contribution in [1.29, 1.82) is 0 Å². The number of phenols is 1. The summed E-state index contributed by atoms with van der Waals surface area (Å²) in [4.78, 5) is 12.3. The van der Waals surface area contributed by atoms with Crippen LogP contribution in [-0.2, 0) is 4.74 Å². The van der Waals surface area contributed by atoms with Crippen LogP contribution >= 0.6 is 0 Å². The van der Waals surface area contributed by atoms with Crippen molar-refractivity contribution >= 4 is 5.78 Å². The Hall–Kier alpha value is -1.69. The number of rotatable bonds is 8. The maximum Gasteiger partial charge on any atom is 0.271 e. The summed E-state index contributed by atoms with van der Waals surface area (Å²) in [6.45, 7) is 4.63. The summed E-state index contributed by atoms with van der Waals surface area (Å²) in [6, 6.07) is 2.69. The van der Waals surface area contributed by atoms with Crippen LogP contribution in [0.4, 0.5) is 8.78 Å². The van der Waals surface area contributed by atoms with E-state index < -0.39 is 17.7 Å². The van der Waals surface area contributed by atoms with Crippen LogP contribution in [0, 0.1) is 5.92 Å². The molecule has 0 aromatic heterocycles. The van der Waals surface area contributed by atoms with Gasteiger partial charge in [0.15, 0.2) is 5.78 Å². The molecular formula is C19H26F2O4. The summed E-state index contributed by atoms with van der Waals surface area (Å²) in [6.07, 6.45) is 1.23. The quantitative estimate of drug-likeness (QED) is 0.673. The molecule has 1 aliphatic heterocycles. The molecule has 25 heavy (non-hydrogen) atoms. The first kappa shape index (κ1) is 19.6. The molecule has 1 fully saturated rings. The van der Waals surface area contributed by atoms with E-state index in [9.17, 15) is 18.7 Å². The minimum Gasteiger partial charge on any atom is -0.507 e. The van der Waals surface area contributed by atoms with E-state index in [-0.39, 0.29) is 30.1 Å². The predicted molar refractivity (Wildman–Crippen MR) is 90.6 cm³/mol. The maximum atomic E-state index is 13.2. The number of carbonyl (C=O) groups is 1. The van der Waals surface area contributed by atoms with Gasteiger partial charge < -0.3 is 14.6 Å². The van der Waals surface area contributed by atoms with Gasteiger partial charge in [0.1, 0.15) is 17.1 Å². The normalized spacial score (nSPS) is 20.7. The van der Waals surface area contributed by atoms with Crippen LogP contribution in [0.1, 0.15) is 68.3 Å². The van der Waals surface area contributed by atoms with Crippen LogP contribution in [-0.4, -0.2) is 30.2 Å². The number of hydrogen-bond donors (Lipinski definition) is 1. The number of phenolic OH excluding ortho intramolecular Hbond substituents is 1. The van der Waals surface area contributed by atoms with E-state index in [4.69, 9.17) is 9.47 Å². The molecule has 0 aliphatic carbocycles. The molecule has 140 valence electrons. The number of benzene rings is 1. The molecular weight excluding hydrogens is 330 g/mol. The molecule has 4 nitrogen and oxygen atoms in total. The van der Waals surface area contributed by atoms with Crippen LogP contribution in [0.5, 0.6) is 11.5 Å². The number of aromatic hydroxyl groups is 1. The Kier molecular flexibility index (Phi) is 7.17. The van der Waals surface area contributed by atoms with Gasteiger partial charge in [-0.3, -0.25) is 4.79 Å². The Balaban J connectivity index is 1.98. The highest BCUT2D eigenvalue weighted by Crippen LogP contribution is 2.39. The number of hydrogen-bond acceptors (Lipinski definition) is 4. The zero-order chi connectivity index (χ0) is 18.4. The number of halogens is 2. The summed E-state index contributed by atoms with van der Waals surface area (Å²) in [7, 11) is 0. The van der Waals surface area contributed by atoms with Crippen molar-refractivity contribution in [2.24, 2.45) is 5.92 Å². The number of ketones is 1. The largest absolute Gasteiger partial charge is 0.507 e. The van der Waals surface area contributed by atoms with E-state index in [1.807, 2.05) is 0 Å². The fourth-order valence-electron chi connectivity index (χ4n) is 3.16. The zero-order valence-corrected chi connectivity index (χ0v) is 14.8. The Morgan fingerprint density at radius 1 is 1.40 bits per heavy atom. The maximum absolute atomic E-state index is 13.2. The third kappa shape index (κ3) is 5.14. The lowest BCUT2D eigenvalue weighted by molar-refractivity contribution is -0.00759. The smallest absolute Gasteiger partial charge is 0.271 e. The fourth-order valence-corrected chi connectivity index (χ4v) is 3.16. The first-order valence-electron chi connectivity index (χ1n) is 8.85. The predicted octanol–water partition coefficient (Wildman–Crippen LogP) is 4.90. The average molecular weight is 356 g/mol. The van der Waals surface area contributed by atoms with Gasteiger partial charge in [-0.1, -0.05) is 0 Å². The summed E-state index contributed by atoms with van der Waals surface area (Å²) in [5.74, 6) is -0.636. The molecule has 2 rings (SSSR count). The van der Waals surface area contributed by atoms with E-state index in [2.05, 4.69) is 6.92 Å². The Labute approximate surface area is 147 Å². The van der Waals surface area contributed by atoms with E-state index in [0.29, 0.717) is 25.0 Å². The monoisotopic (exact) mass is 356 g/mol. The van der Waals surface area contributed by atoms with Crippen molar-refractivity contribution in [3.63, 3.8) is 0 Å².